The van der Waals surface area contributed by atoms with Crippen molar-refractivity contribution in [2.24, 2.45) is 0 Å². The zero-order valence-electron chi connectivity index (χ0n) is 18.5. The second-order valence-electron chi connectivity index (χ2n) is 8.60. The highest BCUT2D eigenvalue weighted by atomic mass is 28.3. The van der Waals surface area contributed by atoms with E-state index in [0.29, 0.717) is 13.0 Å². The SMILES string of the molecule is CCOC(O[C@@H]1CN(C(=O)c2ccco2)NC(=O)N[C@@H]1Cc1ccccc1)[Si](C)(C)C. The number of hydrogen-bond donors (Lipinski definition) is 2. The third kappa shape index (κ3) is 6.19. The topological polar surface area (TPSA) is 93.0 Å². The van der Waals surface area contributed by atoms with E-state index >= 15 is 0 Å². The fourth-order valence-electron chi connectivity index (χ4n) is 3.43. The lowest BCUT2D eigenvalue weighted by atomic mass is 10.0. The van der Waals surface area contributed by atoms with Crippen molar-refractivity contribution in [3.8, 4) is 0 Å². The first-order chi connectivity index (χ1) is 14.8. The first kappa shape index (κ1) is 23.0. The van der Waals surface area contributed by atoms with Gasteiger partial charge in [0, 0.05) is 6.61 Å². The molecular formula is C22H31N3O5Si. The van der Waals surface area contributed by atoms with Crippen LogP contribution >= 0.6 is 0 Å². The van der Waals surface area contributed by atoms with Crippen LogP contribution in [0.1, 0.15) is 23.0 Å². The van der Waals surface area contributed by atoms with Crippen LogP contribution in [0.5, 0.6) is 0 Å². The fourth-order valence-corrected chi connectivity index (χ4v) is 4.68. The Morgan fingerprint density at radius 1 is 1.23 bits per heavy atom. The van der Waals surface area contributed by atoms with Gasteiger partial charge in [0.25, 0.3) is 0 Å². The van der Waals surface area contributed by atoms with Crippen molar-refractivity contribution in [2.75, 3.05) is 13.2 Å². The molecule has 1 aliphatic rings. The molecule has 168 valence electrons. The van der Waals surface area contributed by atoms with Crippen LogP contribution in [-0.2, 0) is 15.9 Å². The van der Waals surface area contributed by atoms with Crippen LogP contribution in [0.15, 0.2) is 53.1 Å². The van der Waals surface area contributed by atoms with Crippen LogP contribution in [0.2, 0.25) is 19.6 Å². The first-order valence-electron chi connectivity index (χ1n) is 10.5. The number of furan rings is 1. The summed E-state index contributed by atoms with van der Waals surface area (Å²) in [6.07, 6.45) is 1.50. The molecule has 0 spiro atoms. The van der Waals surface area contributed by atoms with Gasteiger partial charge < -0.3 is 19.2 Å². The van der Waals surface area contributed by atoms with Crippen molar-refractivity contribution >= 4 is 20.0 Å². The van der Waals surface area contributed by atoms with Crippen LogP contribution in [0, 0.1) is 0 Å². The summed E-state index contributed by atoms with van der Waals surface area (Å²) in [5.74, 6) is -0.668. The summed E-state index contributed by atoms with van der Waals surface area (Å²) in [4.78, 5) is 25.5. The average molecular weight is 446 g/mol. The van der Waals surface area contributed by atoms with Gasteiger partial charge in [-0.25, -0.2) is 15.2 Å². The van der Waals surface area contributed by atoms with Gasteiger partial charge in [0.1, 0.15) is 20.1 Å². The van der Waals surface area contributed by atoms with E-state index in [1.165, 1.54) is 11.3 Å². The molecule has 3 atom stereocenters. The number of hydrazine groups is 1. The van der Waals surface area contributed by atoms with Gasteiger partial charge in [-0.3, -0.25) is 4.79 Å². The molecule has 1 saturated heterocycles. The summed E-state index contributed by atoms with van der Waals surface area (Å²) < 4.78 is 17.6. The summed E-state index contributed by atoms with van der Waals surface area (Å²) in [6, 6.07) is 12.3. The Hall–Kier alpha value is -2.62. The molecule has 1 fully saturated rings. The van der Waals surface area contributed by atoms with Gasteiger partial charge in [-0.2, -0.15) is 0 Å². The number of amides is 3. The first-order valence-corrected chi connectivity index (χ1v) is 14.1. The van der Waals surface area contributed by atoms with Crippen molar-refractivity contribution in [1.29, 1.82) is 0 Å². The quantitative estimate of drug-likeness (QED) is 0.481. The van der Waals surface area contributed by atoms with Crippen LogP contribution in [0.25, 0.3) is 0 Å². The summed E-state index contributed by atoms with van der Waals surface area (Å²) in [5, 5.41) is 4.21. The Morgan fingerprint density at radius 3 is 2.58 bits per heavy atom. The van der Waals surface area contributed by atoms with Gasteiger partial charge in [0.05, 0.1) is 18.8 Å². The monoisotopic (exact) mass is 445 g/mol. The van der Waals surface area contributed by atoms with Crippen molar-refractivity contribution in [3.63, 3.8) is 0 Å². The van der Waals surface area contributed by atoms with E-state index in [1.54, 1.807) is 12.1 Å². The highest BCUT2D eigenvalue weighted by molar-refractivity contribution is 6.77. The minimum Gasteiger partial charge on any atom is -0.459 e. The zero-order valence-corrected chi connectivity index (χ0v) is 19.5. The summed E-state index contributed by atoms with van der Waals surface area (Å²) in [6.45, 7) is 9.10. The molecule has 2 heterocycles. The number of ether oxygens (including phenoxy) is 2. The molecule has 31 heavy (non-hydrogen) atoms. The maximum absolute atomic E-state index is 12.9. The van der Waals surface area contributed by atoms with Gasteiger partial charge >= 0.3 is 11.9 Å². The number of rotatable bonds is 8. The number of carbonyl (C=O) groups excluding carboxylic acids is 2. The Labute approximate surface area is 183 Å². The number of hydrogen-bond acceptors (Lipinski definition) is 5. The van der Waals surface area contributed by atoms with Gasteiger partial charge in [0.2, 0.25) is 0 Å². The standard InChI is InChI=1S/C22H31N3O5Si/c1-5-28-22(31(2,3)4)30-19-15-25(20(26)18-12-9-13-29-18)24-21(27)23-17(19)14-16-10-7-6-8-11-16/h6-13,17,19,22H,5,14-15H2,1-4H3,(H2,23,24,27)/t17-,19-,22?/m1/s1. The molecule has 2 aromatic rings. The normalized spacial score (nSPS) is 20.5. The molecule has 3 rings (SSSR count). The van der Waals surface area contributed by atoms with Crippen molar-refractivity contribution in [2.45, 2.75) is 51.0 Å². The molecule has 1 aromatic heterocycles. The fraction of sp³-hybridized carbons (Fsp3) is 0.455. The van der Waals surface area contributed by atoms with Crippen LogP contribution in [0.4, 0.5) is 4.79 Å². The number of urea groups is 1. The predicted octanol–water partition coefficient (Wildman–Crippen LogP) is 3.19. The molecular weight excluding hydrogens is 414 g/mol. The van der Waals surface area contributed by atoms with E-state index in [0.717, 1.165) is 5.56 Å². The van der Waals surface area contributed by atoms with E-state index in [9.17, 15) is 9.59 Å². The third-order valence-electron chi connectivity index (χ3n) is 4.96. The largest absolute Gasteiger partial charge is 0.459 e. The molecule has 0 bridgehead atoms. The summed E-state index contributed by atoms with van der Waals surface area (Å²) in [7, 11) is -1.85. The lowest BCUT2D eigenvalue weighted by molar-refractivity contribution is -0.135. The third-order valence-corrected chi connectivity index (χ3v) is 6.68. The number of nitrogens with one attached hydrogen (secondary N) is 2. The molecule has 8 nitrogen and oxygen atoms in total. The zero-order chi connectivity index (χ0) is 22.4. The average Bonchev–Trinajstić information content (AvgIpc) is 3.21. The Morgan fingerprint density at radius 2 is 1.97 bits per heavy atom. The van der Waals surface area contributed by atoms with Crippen LogP contribution in [0.3, 0.4) is 0 Å². The Balaban J connectivity index is 1.88. The lowest BCUT2D eigenvalue weighted by Crippen LogP contribution is -2.52. The molecule has 1 aromatic carbocycles. The number of nitrogens with zero attached hydrogens (tertiary/aromatic N) is 1. The molecule has 1 unspecified atom stereocenters. The van der Waals surface area contributed by atoms with E-state index in [4.69, 9.17) is 13.9 Å². The minimum atomic E-state index is -1.85. The summed E-state index contributed by atoms with van der Waals surface area (Å²) in [5.41, 5.74) is 3.68. The van der Waals surface area contributed by atoms with E-state index in [-0.39, 0.29) is 24.3 Å². The van der Waals surface area contributed by atoms with Gasteiger partial charge in [-0.05, 0) is 31.0 Å². The summed E-state index contributed by atoms with van der Waals surface area (Å²) >= 11 is 0. The minimum absolute atomic E-state index is 0.145. The molecule has 0 saturated carbocycles. The molecule has 0 radical (unpaired) electrons. The van der Waals surface area contributed by atoms with E-state index in [1.807, 2.05) is 37.3 Å². The van der Waals surface area contributed by atoms with Crippen molar-refractivity contribution in [3.05, 3.63) is 60.1 Å². The van der Waals surface area contributed by atoms with Crippen molar-refractivity contribution < 1.29 is 23.5 Å². The maximum Gasteiger partial charge on any atom is 0.334 e. The van der Waals surface area contributed by atoms with Crippen LogP contribution in [-0.4, -0.2) is 56.2 Å². The van der Waals surface area contributed by atoms with E-state index in [2.05, 4.69) is 30.4 Å². The van der Waals surface area contributed by atoms with Gasteiger partial charge in [-0.15, -0.1) is 0 Å². The van der Waals surface area contributed by atoms with Gasteiger partial charge in [-0.1, -0.05) is 50.0 Å². The molecule has 9 heteroatoms. The predicted molar refractivity (Wildman–Crippen MR) is 119 cm³/mol. The van der Waals surface area contributed by atoms with E-state index < -0.39 is 26.1 Å². The Bertz CT molecular complexity index is 854. The molecule has 1 aliphatic heterocycles. The smallest absolute Gasteiger partial charge is 0.334 e. The molecule has 3 amide bonds. The highest BCUT2D eigenvalue weighted by Crippen LogP contribution is 2.21. The molecule has 0 aliphatic carbocycles. The van der Waals surface area contributed by atoms with Crippen molar-refractivity contribution in [1.82, 2.24) is 15.8 Å². The molecule has 2 N–H and O–H groups in total. The van der Waals surface area contributed by atoms with Gasteiger partial charge in [0.15, 0.2) is 5.76 Å². The maximum atomic E-state index is 12.9. The lowest BCUT2D eigenvalue weighted by Gasteiger charge is -2.35. The second kappa shape index (κ2) is 10.1. The number of carbonyl (C=O) groups is 2. The highest BCUT2D eigenvalue weighted by Gasteiger charge is 2.38. The second-order valence-corrected chi connectivity index (χ2v) is 13.8. The van der Waals surface area contributed by atoms with Crippen LogP contribution < -0.4 is 10.7 Å². The number of benzene rings is 1. The Kier molecular flexibility index (Phi) is 7.53.